The fraction of sp³-hybridized carbons (Fsp3) is 0.471. The van der Waals surface area contributed by atoms with Gasteiger partial charge in [-0.15, -0.1) is 0 Å². The maximum atomic E-state index is 11.2. The number of rotatable bonds is 3. The average molecular weight is 301 g/mol. The van der Waals surface area contributed by atoms with E-state index in [0.717, 1.165) is 31.6 Å². The lowest BCUT2D eigenvalue weighted by atomic mass is 10.1. The molecule has 2 atom stereocenters. The van der Waals surface area contributed by atoms with E-state index in [2.05, 4.69) is 39.5 Å². The van der Waals surface area contributed by atoms with Crippen molar-refractivity contribution in [3.05, 3.63) is 36.0 Å². The first-order chi connectivity index (χ1) is 10.6. The Balaban J connectivity index is 1.64. The summed E-state index contributed by atoms with van der Waals surface area (Å²) < 4.78 is 0. The van der Waals surface area contributed by atoms with Crippen LogP contribution in [0.3, 0.4) is 0 Å². The van der Waals surface area contributed by atoms with Gasteiger partial charge < -0.3 is 15.4 Å². The molecule has 0 spiro atoms. The third-order valence-corrected chi connectivity index (χ3v) is 4.38. The number of hydrogen-bond acceptors (Lipinski definition) is 3. The number of aromatic nitrogens is 1. The van der Waals surface area contributed by atoms with Gasteiger partial charge in [0.15, 0.2) is 0 Å². The number of likely N-dealkylation sites (tertiary alicyclic amines) is 1. The molecule has 3 N–H and O–H groups in total. The molecule has 2 heterocycles. The summed E-state index contributed by atoms with van der Waals surface area (Å²) in [7, 11) is 0. The lowest BCUT2D eigenvalue weighted by molar-refractivity contribution is -0.120. The van der Waals surface area contributed by atoms with Crippen molar-refractivity contribution in [1.29, 1.82) is 0 Å². The first-order valence-corrected chi connectivity index (χ1v) is 7.85. The Kier molecular flexibility index (Phi) is 4.45. The quantitative estimate of drug-likeness (QED) is 0.807. The van der Waals surface area contributed by atoms with Crippen LogP contribution in [0.5, 0.6) is 0 Å². The molecule has 1 fully saturated rings. The number of nitrogens with one attached hydrogen (secondary N) is 2. The molecule has 1 aromatic heterocycles. The van der Waals surface area contributed by atoms with Crippen LogP contribution in [-0.4, -0.2) is 46.1 Å². The molecular formula is C17H23N3O2. The van der Waals surface area contributed by atoms with Gasteiger partial charge in [0.25, 0.3) is 0 Å². The van der Waals surface area contributed by atoms with Gasteiger partial charge in [-0.1, -0.05) is 12.1 Å². The molecule has 1 aliphatic heterocycles. The predicted molar refractivity (Wildman–Crippen MR) is 86.4 cm³/mol. The van der Waals surface area contributed by atoms with E-state index in [4.69, 9.17) is 0 Å². The molecule has 118 valence electrons. The highest BCUT2D eigenvalue weighted by Gasteiger charge is 2.25. The smallest absolute Gasteiger partial charge is 0.217 e. The number of carbonyl (C=O) groups is 1. The van der Waals surface area contributed by atoms with Crippen LogP contribution in [0, 0.1) is 0 Å². The van der Waals surface area contributed by atoms with E-state index < -0.39 is 6.10 Å². The van der Waals surface area contributed by atoms with Gasteiger partial charge in [-0.2, -0.15) is 0 Å². The maximum Gasteiger partial charge on any atom is 0.217 e. The van der Waals surface area contributed by atoms with Crippen LogP contribution in [0.1, 0.15) is 25.3 Å². The third kappa shape index (κ3) is 3.48. The number of fused-ring (bicyclic) bond motifs is 1. The van der Waals surface area contributed by atoms with Crippen molar-refractivity contribution in [2.45, 2.75) is 38.5 Å². The van der Waals surface area contributed by atoms with Crippen molar-refractivity contribution in [3.63, 3.8) is 0 Å². The van der Waals surface area contributed by atoms with Crippen LogP contribution < -0.4 is 5.32 Å². The number of aliphatic hydroxyl groups excluding tert-OH is 1. The molecule has 5 heteroatoms. The number of aromatic amines is 1. The van der Waals surface area contributed by atoms with Gasteiger partial charge >= 0.3 is 0 Å². The van der Waals surface area contributed by atoms with E-state index in [1.54, 1.807) is 0 Å². The van der Waals surface area contributed by atoms with Crippen molar-refractivity contribution in [2.75, 3.05) is 13.1 Å². The summed E-state index contributed by atoms with van der Waals surface area (Å²) >= 11 is 0. The van der Waals surface area contributed by atoms with Crippen molar-refractivity contribution in [2.24, 2.45) is 0 Å². The van der Waals surface area contributed by atoms with Crippen molar-refractivity contribution < 1.29 is 9.90 Å². The zero-order chi connectivity index (χ0) is 15.5. The molecule has 0 bridgehead atoms. The SMILES string of the molecule is CC(=O)N[C@H]1CCN(Cc2ccc3cc[nH]c3c2)CC[C@@H]1O. The van der Waals surface area contributed by atoms with Gasteiger partial charge in [-0.05, 0) is 35.9 Å². The summed E-state index contributed by atoms with van der Waals surface area (Å²) in [6.07, 6.45) is 2.97. The fourth-order valence-electron chi connectivity index (χ4n) is 3.18. The van der Waals surface area contributed by atoms with Crippen LogP contribution in [0.25, 0.3) is 10.9 Å². The fourth-order valence-corrected chi connectivity index (χ4v) is 3.18. The summed E-state index contributed by atoms with van der Waals surface area (Å²) in [4.78, 5) is 16.8. The van der Waals surface area contributed by atoms with Gasteiger partial charge in [0.1, 0.15) is 0 Å². The first kappa shape index (κ1) is 15.1. The van der Waals surface area contributed by atoms with Crippen LogP contribution in [0.15, 0.2) is 30.5 Å². The second-order valence-electron chi connectivity index (χ2n) is 6.13. The molecule has 1 aliphatic rings. The summed E-state index contributed by atoms with van der Waals surface area (Å²) in [6.45, 7) is 4.10. The third-order valence-electron chi connectivity index (χ3n) is 4.38. The molecule has 0 radical (unpaired) electrons. The number of amides is 1. The average Bonchev–Trinajstić information content (AvgIpc) is 2.88. The highest BCUT2D eigenvalue weighted by molar-refractivity contribution is 5.79. The molecule has 0 aliphatic carbocycles. The number of benzene rings is 1. The number of nitrogens with zero attached hydrogens (tertiary/aromatic N) is 1. The summed E-state index contributed by atoms with van der Waals surface area (Å²) in [5.41, 5.74) is 2.42. The highest BCUT2D eigenvalue weighted by atomic mass is 16.3. The second kappa shape index (κ2) is 6.50. The lowest BCUT2D eigenvalue weighted by Gasteiger charge is -2.20. The molecule has 5 nitrogen and oxygen atoms in total. The van der Waals surface area contributed by atoms with Gasteiger partial charge in [0, 0.05) is 38.3 Å². The zero-order valence-electron chi connectivity index (χ0n) is 12.9. The minimum atomic E-state index is -0.459. The first-order valence-electron chi connectivity index (χ1n) is 7.85. The standard InChI is InChI=1S/C17H23N3O2/c1-12(21)19-15-5-8-20(9-6-17(15)22)11-13-2-3-14-4-7-18-16(14)10-13/h2-4,7,10,15,17-18,22H,5-6,8-9,11H2,1H3,(H,19,21)/t15-,17-/m0/s1. The van der Waals surface area contributed by atoms with Gasteiger partial charge in [-0.3, -0.25) is 9.69 Å². The number of aliphatic hydroxyl groups is 1. The van der Waals surface area contributed by atoms with Gasteiger partial charge in [-0.25, -0.2) is 0 Å². The van der Waals surface area contributed by atoms with Gasteiger partial charge in [0.05, 0.1) is 12.1 Å². The Morgan fingerprint density at radius 3 is 3.00 bits per heavy atom. The Labute approximate surface area is 130 Å². The lowest BCUT2D eigenvalue weighted by Crippen LogP contribution is -2.42. The van der Waals surface area contributed by atoms with E-state index in [1.807, 2.05) is 6.20 Å². The Hall–Kier alpha value is -1.85. The predicted octanol–water partition coefficient (Wildman–Crippen LogP) is 1.63. The summed E-state index contributed by atoms with van der Waals surface area (Å²) in [5.74, 6) is -0.0744. The van der Waals surface area contributed by atoms with E-state index in [9.17, 15) is 9.90 Å². The molecule has 1 saturated heterocycles. The van der Waals surface area contributed by atoms with Crippen LogP contribution >= 0.6 is 0 Å². The Bertz CT molecular complexity index is 652. The van der Waals surface area contributed by atoms with Crippen molar-refractivity contribution in [1.82, 2.24) is 15.2 Å². The zero-order valence-corrected chi connectivity index (χ0v) is 12.9. The normalized spacial score (nSPS) is 23.4. The van der Waals surface area contributed by atoms with Gasteiger partial charge in [0.2, 0.25) is 5.91 Å². The van der Waals surface area contributed by atoms with Crippen LogP contribution in [-0.2, 0) is 11.3 Å². The molecule has 22 heavy (non-hydrogen) atoms. The van der Waals surface area contributed by atoms with E-state index in [0.29, 0.717) is 6.42 Å². The number of hydrogen-bond donors (Lipinski definition) is 3. The topological polar surface area (TPSA) is 68.4 Å². The van der Waals surface area contributed by atoms with Crippen LogP contribution in [0.2, 0.25) is 0 Å². The highest BCUT2D eigenvalue weighted by Crippen LogP contribution is 2.18. The minimum Gasteiger partial charge on any atom is -0.391 e. The van der Waals surface area contributed by atoms with Crippen molar-refractivity contribution in [3.8, 4) is 0 Å². The molecule has 2 aromatic rings. The summed E-state index contributed by atoms with van der Waals surface area (Å²) in [6, 6.07) is 8.41. The molecule has 1 amide bonds. The molecular weight excluding hydrogens is 278 g/mol. The largest absolute Gasteiger partial charge is 0.391 e. The molecule has 0 unspecified atom stereocenters. The minimum absolute atomic E-state index is 0.0744. The van der Waals surface area contributed by atoms with Crippen LogP contribution in [0.4, 0.5) is 0 Å². The van der Waals surface area contributed by atoms with E-state index in [1.165, 1.54) is 17.9 Å². The summed E-state index contributed by atoms with van der Waals surface area (Å²) in [5, 5.41) is 14.2. The molecule has 3 rings (SSSR count). The maximum absolute atomic E-state index is 11.2. The monoisotopic (exact) mass is 301 g/mol. The number of H-pyrrole nitrogens is 1. The van der Waals surface area contributed by atoms with E-state index >= 15 is 0 Å². The van der Waals surface area contributed by atoms with E-state index in [-0.39, 0.29) is 11.9 Å². The number of carbonyl (C=O) groups excluding carboxylic acids is 1. The molecule has 0 saturated carbocycles. The Morgan fingerprint density at radius 2 is 2.18 bits per heavy atom. The molecule has 1 aromatic carbocycles. The Morgan fingerprint density at radius 1 is 1.36 bits per heavy atom. The van der Waals surface area contributed by atoms with Crippen molar-refractivity contribution >= 4 is 16.8 Å². The second-order valence-corrected chi connectivity index (χ2v) is 6.13.